The number of hydrogen-bond acceptors (Lipinski definition) is 6. The number of nitrogens with zero attached hydrogens (tertiary/aromatic N) is 2. The Balaban J connectivity index is 1.44. The summed E-state index contributed by atoms with van der Waals surface area (Å²) in [5, 5.41) is 1.45. The highest BCUT2D eigenvalue weighted by atomic mass is 35.5. The van der Waals surface area contributed by atoms with Crippen molar-refractivity contribution in [3.8, 4) is 11.5 Å². The van der Waals surface area contributed by atoms with E-state index >= 15 is 0 Å². The second-order valence-electron chi connectivity index (χ2n) is 6.81. The van der Waals surface area contributed by atoms with Gasteiger partial charge in [-0.3, -0.25) is 9.88 Å². The van der Waals surface area contributed by atoms with Gasteiger partial charge in [-0.2, -0.15) is 0 Å². The average molecular weight is 447 g/mol. The van der Waals surface area contributed by atoms with E-state index < -0.39 is 5.97 Å². The summed E-state index contributed by atoms with van der Waals surface area (Å²) in [6.07, 6.45) is 1.47. The molecule has 8 heteroatoms. The highest BCUT2D eigenvalue weighted by molar-refractivity contribution is 6.35. The molecule has 6 nitrogen and oxygen atoms in total. The van der Waals surface area contributed by atoms with Crippen LogP contribution in [0.25, 0.3) is 10.9 Å². The van der Waals surface area contributed by atoms with Gasteiger partial charge in [0.25, 0.3) is 0 Å². The highest BCUT2D eigenvalue weighted by Gasteiger charge is 2.19. The Bertz CT molecular complexity index is 1050. The zero-order chi connectivity index (χ0) is 20.9. The van der Waals surface area contributed by atoms with Crippen LogP contribution in [0, 0.1) is 0 Å². The maximum atomic E-state index is 12.8. The summed E-state index contributed by atoms with van der Waals surface area (Å²) in [5.41, 5.74) is 0.638. The Hall–Kier alpha value is -2.38. The monoisotopic (exact) mass is 446 g/mol. The fourth-order valence-corrected chi connectivity index (χ4v) is 3.64. The SMILES string of the molecule is O=C(Oc1cccc(OCCN2CCOCC2)c1)c1c(Cl)ccc2cc(Cl)cnc12. The largest absolute Gasteiger partial charge is 0.492 e. The van der Waals surface area contributed by atoms with E-state index in [-0.39, 0.29) is 10.6 Å². The lowest BCUT2D eigenvalue weighted by Crippen LogP contribution is -2.38. The molecule has 0 unspecified atom stereocenters. The normalized spacial score (nSPS) is 14.6. The van der Waals surface area contributed by atoms with Crippen LogP contribution in [0.2, 0.25) is 10.0 Å². The number of carbonyl (C=O) groups is 1. The predicted molar refractivity (Wildman–Crippen MR) is 116 cm³/mol. The standard InChI is InChI=1S/C22H20Cl2N2O4/c23-16-12-15-4-5-19(24)20(21(15)25-14-16)22(27)30-18-3-1-2-17(13-18)29-11-8-26-6-9-28-10-7-26/h1-5,12-14H,6-11H2. The van der Waals surface area contributed by atoms with Crippen molar-refractivity contribution < 1.29 is 19.0 Å². The molecule has 3 aromatic rings. The fraction of sp³-hybridized carbons (Fsp3) is 0.273. The number of rotatable bonds is 6. The molecule has 1 aliphatic heterocycles. The Morgan fingerprint density at radius 3 is 2.73 bits per heavy atom. The quantitative estimate of drug-likeness (QED) is 0.411. The van der Waals surface area contributed by atoms with Gasteiger partial charge in [0.1, 0.15) is 23.7 Å². The number of halogens is 2. The first-order chi connectivity index (χ1) is 14.6. The fourth-order valence-electron chi connectivity index (χ4n) is 3.25. The summed E-state index contributed by atoms with van der Waals surface area (Å²) in [6.45, 7) is 4.68. The first-order valence-electron chi connectivity index (χ1n) is 9.59. The molecule has 1 aliphatic rings. The topological polar surface area (TPSA) is 60.9 Å². The first kappa shape index (κ1) is 20.9. The third kappa shape index (κ3) is 5.02. The van der Waals surface area contributed by atoms with Gasteiger partial charge >= 0.3 is 5.97 Å². The van der Waals surface area contributed by atoms with Gasteiger partial charge in [0.05, 0.1) is 28.8 Å². The third-order valence-electron chi connectivity index (χ3n) is 4.77. The van der Waals surface area contributed by atoms with Crippen molar-refractivity contribution in [3.05, 3.63) is 64.3 Å². The number of hydrogen-bond donors (Lipinski definition) is 0. The van der Waals surface area contributed by atoms with E-state index in [1.807, 2.05) is 6.07 Å². The van der Waals surface area contributed by atoms with Crippen molar-refractivity contribution in [2.45, 2.75) is 0 Å². The molecule has 1 aromatic heterocycles. The molecule has 2 heterocycles. The minimum Gasteiger partial charge on any atom is -0.492 e. The zero-order valence-corrected chi connectivity index (χ0v) is 17.7. The molecule has 2 aromatic carbocycles. The number of benzene rings is 2. The van der Waals surface area contributed by atoms with E-state index in [0.717, 1.165) is 32.8 Å². The summed E-state index contributed by atoms with van der Waals surface area (Å²) >= 11 is 12.3. The lowest BCUT2D eigenvalue weighted by Gasteiger charge is -2.26. The van der Waals surface area contributed by atoms with Crippen LogP contribution in [0.1, 0.15) is 10.4 Å². The predicted octanol–water partition coefficient (Wildman–Crippen LogP) is 4.47. The van der Waals surface area contributed by atoms with Crippen LogP contribution in [0.5, 0.6) is 11.5 Å². The lowest BCUT2D eigenvalue weighted by molar-refractivity contribution is 0.0322. The average Bonchev–Trinajstić information content (AvgIpc) is 2.75. The second-order valence-corrected chi connectivity index (χ2v) is 7.66. The van der Waals surface area contributed by atoms with Crippen molar-refractivity contribution >= 4 is 40.1 Å². The van der Waals surface area contributed by atoms with Crippen LogP contribution in [0.4, 0.5) is 0 Å². The number of aromatic nitrogens is 1. The second kappa shape index (κ2) is 9.62. The molecule has 0 saturated carbocycles. The van der Waals surface area contributed by atoms with Gasteiger partial charge in [0.2, 0.25) is 0 Å². The van der Waals surface area contributed by atoms with Gasteiger partial charge in [-0.1, -0.05) is 35.3 Å². The van der Waals surface area contributed by atoms with Crippen LogP contribution in [0.3, 0.4) is 0 Å². The number of pyridine rings is 1. The van der Waals surface area contributed by atoms with Crippen LogP contribution in [0.15, 0.2) is 48.7 Å². The molecule has 4 rings (SSSR count). The van der Waals surface area contributed by atoms with E-state index in [4.69, 9.17) is 37.4 Å². The third-order valence-corrected chi connectivity index (χ3v) is 5.29. The van der Waals surface area contributed by atoms with Crippen LogP contribution < -0.4 is 9.47 Å². The molecule has 0 bridgehead atoms. The molecule has 0 radical (unpaired) electrons. The van der Waals surface area contributed by atoms with Crippen LogP contribution >= 0.6 is 23.2 Å². The first-order valence-corrected chi connectivity index (χ1v) is 10.3. The molecule has 156 valence electrons. The number of morpholine rings is 1. The number of fused-ring (bicyclic) bond motifs is 1. The van der Waals surface area contributed by atoms with Crippen LogP contribution in [-0.2, 0) is 4.74 Å². The molecule has 0 N–H and O–H groups in total. The number of ether oxygens (including phenoxy) is 3. The summed E-state index contributed by atoms with van der Waals surface area (Å²) in [5.74, 6) is 0.402. The Kier molecular flexibility index (Phi) is 6.69. The van der Waals surface area contributed by atoms with Gasteiger partial charge in [-0.05, 0) is 24.3 Å². The van der Waals surface area contributed by atoms with Gasteiger partial charge in [-0.15, -0.1) is 0 Å². The minimum absolute atomic E-state index is 0.199. The maximum Gasteiger partial charge on any atom is 0.347 e. The van der Waals surface area contributed by atoms with E-state index in [1.165, 1.54) is 6.20 Å². The van der Waals surface area contributed by atoms with Crippen molar-refractivity contribution in [2.24, 2.45) is 0 Å². The molecule has 0 spiro atoms. The highest BCUT2D eigenvalue weighted by Crippen LogP contribution is 2.28. The Labute approximate surface area is 184 Å². The smallest absolute Gasteiger partial charge is 0.347 e. The zero-order valence-electron chi connectivity index (χ0n) is 16.1. The lowest BCUT2D eigenvalue weighted by atomic mass is 10.1. The van der Waals surface area contributed by atoms with Crippen LogP contribution in [-0.4, -0.2) is 55.3 Å². The summed E-state index contributed by atoms with van der Waals surface area (Å²) in [7, 11) is 0. The van der Waals surface area contributed by atoms with Gasteiger partial charge in [-0.25, -0.2) is 4.79 Å². The van der Waals surface area contributed by atoms with E-state index in [1.54, 1.807) is 36.4 Å². The van der Waals surface area contributed by atoms with E-state index in [9.17, 15) is 4.79 Å². The van der Waals surface area contributed by atoms with E-state index in [2.05, 4.69) is 9.88 Å². The van der Waals surface area contributed by atoms with Gasteiger partial charge < -0.3 is 14.2 Å². The molecule has 0 amide bonds. The van der Waals surface area contributed by atoms with Gasteiger partial charge in [0, 0.05) is 37.3 Å². The van der Waals surface area contributed by atoms with Crippen molar-refractivity contribution in [3.63, 3.8) is 0 Å². The Morgan fingerprint density at radius 1 is 1.10 bits per heavy atom. The molecular formula is C22H20Cl2N2O4. The number of esters is 1. The number of carbonyl (C=O) groups excluding carboxylic acids is 1. The molecular weight excluding hydrogens is 427 g/mol. The Morgan fingerprint density at radius 2 is 1.90 bits per heavy atom. The minimum atomic E-state index is -0.592. The van der Waals surface area contributed by atoms with Gasteiger partial charge in [0.15, 0.2) is 0 Å². The summed E-state index contributed by atoms with van der Waals surface area (Å²) in [6, 6.07) is 12.1. The molecule has 0 atom stereocenters. The van der Waals surface area contributed by atoms with E-state index in [0.29, 0.717) is 34.0 Å². The summed E-state index contributed by atoms with van der Waals surface area (Å²) in [4.78, 5) is 19.4. The van der Waals surface area contributed by atoms with Crippen molar-refractivity contribution in [1.82, 2.24) is 9.88 Å². The molecule has 1 saturated heterocycles. The molecule has 0 aliphatic carbocycles. The molecule has 30 heavy (non-hydrogen) atoms. The molecule has 1 fully saturated rings. The summed E-state index contributed by atoms with van der Waals surface area (Å²) < 4.78 is 16.7. The van der Waals surface area contributed by atoms with Crippen molar-refractivity contribution in [1.29, 1.82) is 0 Å². The van der Waals surface area contributed by atoms with Crippen molar-refractivity contribution in [2.75, 3.05) is 39.5 Å². The maximum absolute atomic E-state index is 12.8.